The molecule has 0 aliphatic rings. The maximum absolute atomic E-state index is 8.91. The summed E-state index contributed by atoms with van der Waals surface area (Å²) < 4.78 is 0. The van der Waals surface area contributed by atoms with E-state index in [0.717, 1.165) is 5.56 Å². The molecule has 1 aromatic carbocycles. The lowest BCUT2D eigenvalue weighted by Crippen LogP contribution is -2.45. The smallest absolute Gasteiger partial charge is 0.108 e. The first-order valence-corrected chi connectivity index (χ1v) is 4.31. The van der Waals surface area contributed by atoms with Crippen molar-refractivity contribution in [3.63, 3.8) is 0 Å². The summed E-state index contributed by atoms with van der Waals surface area (Å²) in [6.45, 7) is 3.43. The Bertz CT molecular complexity index is 325. The van der Waals surface area contributed by atoms with Crippen LogP contribution in [0.15, 0.2) is 35.5 Å². The van der Waals surface area contributed by atoms with E-state index in [1.54, 1.807) is 13.8 Å². The molecule has 1 aromatic rings. The van der Waals surface area contributed by atoms with Crippen LogP contribution in [0.1, 0.15) is 19.4 Å². The van der Waals surface area contributed by atoms with Gasteiger partial charge >= 0.3 is 0 Å². The number of hydroxylamine groups is 1. The minimum absolute atomic E-state index is 0. The van der Waals surface area contributed by atoms with Gasteiger partial charge in [0, 0.05) is 5.56 Å². The molecular formula is C10H15ClN2O2. The molecule has 0 atom stereocenters. The predicted molar refractivity (Wildman–Crippen MR) is 61.0 cm³/mol. The van der Waals surface area contributed by atoms with Gasteiger partial charge in [0.05, 0.1) is 5.54 Å². The van der Waals surface area contributed by atoms with Crippen LogP contribution in [-0.2, 0) is 0 Å². The van der Waals surface area contributed by atoms with Crippen molar-refractivity contribution in [2.45, 2.75) is 19.4 Å². The van der Waals surface area contributed by atoms with Gasteiger partial charge in [-0.2, -0.15) is 5.48 Å². The molecule has 0 amide bonds. The summed E-state index contributed by atoms with van der Waals surface area (Å²) in [6.07, 6.45) is 0. The fourth-order valence-corrected chi connectivity index (χ4v) is 1.19. The van der Waals surface area contributed by atoms with E-state index >= 15 is 0 Å². The number of nitrogens with zero attached hydrogens (tertiary/aromatic N) is 1. The first-order chi connectivity index (χ1) is 6.61. The van der Waals surface area contributed by atoms with Crippen LogP contribution in [0.3, 0.4) is 0 Å². The maximum atomic E-state index is 8.91. The molecule has 5 heteroatoms. The van der Waals surface area contributed by atoms with Crippen LogP contribution in [0.5, 0.6) is 0 Å². The monoisotopic (exact) mass is 230 g/mol. The van der Waals surface area contributed by atoms with Gasteiger partial charge in [-0.3, -0.25) is 0 Å². The minimum Gasteiger partial charge on any atom is -0.411 e. The zero-order valence-electron chi connectivity index (χ0n) is 8.64. The van der Waals surface area contributed by atoms with Gasteiger partial charge in [-0.15, -0.1) is 12.4 Å². The molecule has 0 saturated carbocycles. The summed E-state index contributed by atoms with van der Waals surface area (Å²) in [5.74, 6) is 0. The topological polar surface area (TPSA) is 64.8 Å². The third-order valence-electron chi connectivity index (χ3n) is 2.02. The highest BCUT2D eigenvalue weighted by molar-refractivity contribution is 6.06. The highest BCUT2D eigenvalue weighted by atomic mass is 35.5. The number of oxime groups is 1. The van der Waals surface area contributed by atoms with Crippen LogP contribution < -0.4 is 5.48 Å². The second kappa shape index (κ2) is 5.70. The molecule has 0 aromatic heterocycles. The number of benzene rings is 1. The molecule has 0 spiro atoms. The lowest BCUT2D eigenvalue weighted by molar-refractivity contribution is 0.113. The largest absolute Gasteiger partial charge is 0.411 e. The van der Waals surface area contributed by atoms with Crippen molar-refractivity contribution in [1.82, 2.24) is 5.48 Å². The highest BCUT2D eigenvalue weighted by Crippen LogP contribution is 2.13. The second-order valence-electron chi connectivity index (χ2n) is 3.55. The van der Waals surface area contributed by atoms with Crippen molar-refractivity contribution in [1.29, 1.82) is 0 Å². The third kappa shape index (κ3) is 3.20. The summed E-state index contributed by atoms with van der Waals surface area (Å²) in [5.41, 5.74) is 2.47. The summed E-state index contributed by atoms with van der Waals surface area (Å²) in [5, 5.41) is 21.0. The van der Waals surface area contributed by atoms with Crippen molar-refractivity contribution in [3.8, 4) is 0 Å². The van der Waals surface area contributed by atoms with E-state index in [9.17, 15) is 0 Å². The zero-order valence-corrected chi connectivity index (χ0v) is 9.45. The number of hydrogen-bond acceptors (Lipinski definition) is 4. The molecule has 1 rings (SSSR count). The van der Waals surface area contributed by atoms with Gasteiger partial charge in [-0.05, 0) is 13.8 Å². The van der Waals surface area contributed by atoms with Crippen LogP contribution in [0.2, 0.25) is 0 Å². The molecule has 4 nitrogen and oxygen atoms in total. The molecule has 0 aliphatic carbocycles. The Labute approximate surface area is 95.0 Å². The maximum Gasteiger partial charge on any atom is 0.108 e. The Hall–Kier alpha value is -1.10. The summed E-state index contributed by atoms with van der Waals surface area (Å²) in [4.78, 5) is 0. The third-order valence-corrected chi connectivity index (χ3v) is 2.02. The fraction of sp³-hybridized carbons (Fsp3) is 0.300. The van der Waals surface area contributed by atoms with E-state index in [-0.39, 0.29) is 12.4 Å². The lowest BCUT2D eigenvalue weighted by atomic mass is 9.93. The van der Waals surface area contributed by atoms with Crippen LogP contribution in [0.4, 0.5) is 0 Å². The fourth-order valence-electron chi connectivity index (χ4n) is 1.19. The average Bonchev–Trinajstić information content (AvgIpc) is 2.20. The molecule has 0 fully saturated rings. The van der Waals surface area contributed by atoms with Crippen molar-refractivity contribution in [2.24, 2.45) is 5.16 Å². The van der Waals surface area contributed by atoms with Crippen molar-refractivity contribution in [3.05, 3.63) is 35.9 Å². The molecule has 15 heavy (non-hydrogen) atoms. The standard InChI is InChI=1S/C10H14N2O2.ClH/c1-10(2,12-14)9(11-13)8-6-4-3-5-7-8;/h3-7,12-14H,1-2H3;1H/b11-9+;. The molecule has 0 aliphatic heterocycles. The van der Waals surface area contributed by atoms with Gasteiger partial charge in [-0.1, -0.05) is 35.5 Å². The Kier molecular flexibility index (Phi) is 5.28. The van der Waals surface area contributed by atoms with Crippen molar-refractivity contribution in [2.75, 3.05) is 0 Å². The van der Waals surface area contributed by atoms with Crippen LogP contribution in [-0.4, -0.2) is 21.7 Å². The molecule has 0 radical (unpaired) electrons. The first-order valence-electron chi connectivity index (χ1n) is 4.31. The summed E-state index contributed by atoms with van der Waals surface area (Å²) >= 11 is 0. The lowest BCUT2D eigenvalue weighted by Gasteiger charge is -2.23. The van der Waals surface area contributed by atoms with E-state index < -0.39 is 5.54 Å². The number of halogens is 1. The number of hydrogen-bond donors (Lipinski definition) is 3. The zero-order chi connectivity index (χ0) is 10.6. The highest BCUT2D eigenvalue weighted by Gasteiger charge is 2.25. The summed E-state index contributed by atoms with van der Waals surface area (Å²) in [6, 6.07) is 9.18. The SMILES string of the molecule is CC(C)(NO)/C(=N/O)c1ccccc1.Cl. The quantitative estimate of drug-likeness (QED) is 0.423. The van der Waals surface area contributed by atoms with Gasteiger partial charge in [0.1, 0.15) is 5.71 Å². The molecule has 0 heterocycles. The van der Waals surface area contributed by atoms with Crippen LogP contribution in [0, 0.1) is 0 Å². The summed E-state index contributed by atoms with van der Waals surface area (Å²) in [7, 11) is 0. The van der Waals surface area contributed by atoms with Gasteiger partial charge in [0.25, 0.3) is 0 Å². The molecule has 0 bridgehead atoms. The normalized spacial score (nSPS) is 12.1. The van der Waals surface area contributed by atoms with E-state index in [1.165, 1.54) is 0 Å². The number of nitrogens with one attached hydrogen (secondary N) is 1. The predicted octanol–water partition coefficient (Wildman–Crippen LogP) is 2.04. The van der Waals surface area contributed by atoms with E-state index in [0.29, 0.717) is 5.71 Å². The van der Waals surface area contributed by atoms with Crippen LogP contribution >= 0.6 is 12.4 Å². The Morgan fingerprint density at radius 3 is 2.20 bits per heavy atom. The van der Waals surface area contributed by atoms with Gasteiger partial charge in [-0.25, -0.2) is 0 Å². The molecule has 84 valence electrons. The van der Waals surface area contributed by atoms with E-state index in [2.05, 4.69) is 10.6 Å². The molecular weight excluding hydrogens is 216 g/mol. The molecule has 0 unspecified atom stereocenters. The van der Waals surface area contributed by atoms with Crippen LogP contribution in [0.25, 0.3) is 0 Å². The van der Waals surface area contributed by atoms with Crippen molar-refractivity contribution < 1.29 is 10.4 Å². The average molecular weight is 231 g/mol. The number of rotatable bonds is 3. The Balaban J connectivity index is 0.00000196. The molecule has 3 N–H and O–H groups in total. The molecule has 0 saturated heterocycles. The minimum atomic E-state index is -0.782. The van der Waals surface area contributed by atoms with E-state index in [1.807, 2.05) is 30.3 Å². The Morgan fingerprint density at radius 2 is 1.80 bits per heavy atom. The van der Waals surface area contributed by atoms with Gasteiger partial charge in [0.2, 0.25) is 0 Å². The van der Waals surface area contributed by atoms with E-state index in [4.69, 9.17) is 10.4 Å². The Morgan fingerprint density at radius 1 is 1.27 bits per heavy atom. The van der Waals surface area contributed by atoms with Gasteiger partial charge in [0.15, 0.2) is 0 Å². The van der Waals surface area contributed by atoms with Crippen molar-refractivity contribution >= 4 is 18.1 Å². The first kappa shape index (κ1) is 13.9. The second-order valence-corrected chi connectivity index (χ2v) is 3.55. The van der Waals surface area contributed by atoms with Gasteiger partial charge < -0.3 is 10.4 Å².